The highest BCUT2D eigenvalue weighted by molar-refractivity contribution is 5.92. The fourth-order valence-corrected chi connectivity index (χ4v) is 3.09. The molecule has 0 radical (unpaired) electrons. The van der Waals surface area contributed by atoms with Gasteiger partial charge in [0.2, 0.25) is 5.89 Å². The number of ether oxygens (including phenoxy) is 4. The van der Waals surface area contributed by atoms with Crippen LogP contribution in [-0.2, 0) is 16.1 Å². The molecule has 4 rings (SSSR count). The lowest BCUT2D eigenvalue weighted by Crippen LogP contribution is -2.17. The van der Waals surface area contributed by atoms with Gasteiger partial charge in [-0.25, -0.2) is 4.79 Å². The van der Waals surface area contributed by atoms with E-state index in [1.165, 1.54) is 0 Å². The van der Waals surface area contributed by atoms with E-state index in [2.05, 4.69) is 10.2 Å². The maximum absolute atomic E-state index is 12.5. The molecule has 1 aliphatic rings. The second-order valence-electron chi connectivity index (χ2n) is 6.75. The van der Waals surface area contributed by atoms with Crippen molar-refractivity contribution in [2.24, 2.45) is 0 Å². The van der Waals surface area contributed by atoms with Gasteiger partial charge in [-0.05, 0) is 49.2 Å². The number of benzene rings is 2. The number of aromatic nitrogens is 2. The molecule has 1 atom stereocenters. The number of carbonyl (C=O) groups excluding carboxylic acids is 1. The van der Waals surface area contributed by atoms with Crippen LogP contribution < -0.4 is 9.47 Å². The smallest absolute Gasteiger partial charge is 0.342 e. The summed E-state index contributed by atoms with van der Waals surface area (Å²) in [6, 6.07) is 14.2. The fourth-order valence-electron chi connectivity index (χ4n) is 3.09. The summed E-state index contributed by atoms with van der Waals surface area (Å²) in [5.41, 5.74) is 1.08. The fraction of sp³-hybridized carbons (Fsp3) is 0.318. The standard InChI is InChI=1S/C22H22N2O6/c1-26-16-10-8-15(9-11-16)21-24-23-20(30-21)14-29-22(25)18-6-2-3-7-19(18)28-13-17-5-4-12-27-17/h2-3,6-11,17H,4-5,12-14H2,1H3. The summed E-state index contributed by atoms with van der Waals surface area (Å²) >= 11 is 0. The van der Waals surface area contributed by atoms with Crippen LogP contribution in [0.4, 0.5) is 0 Å². The zero-order valence-corrected chi connectivity index (χ0v) is 16.6. The second-order valence-corrected chi connectivity index (χ2v) is 6.75. The summed E-state index contributed by atoms with van der Waals surface area (Å²) in [5.74, 6) is 1.20. The van der Waals surface area contributed by atoms with E-state index in [0.29, 0.717) is 23.8 Å². The lowest BCUT2D eigenvalue weighted by atomic mass is 10.2. The molecule has 0 amide bonds. The highest BCUT2D eigenvalue weighted by Crippen LogP contribution is 2.23. The summed E-state index contributed by atoms with van der Waals surface area (Å²) in [4.78, 5) is 12.5. The van der Waals surface area contributed by atoms with Crippen LogP contribution in [0.25, 0.3) is 11.5 Å². The molecule has 1 fully saturated rings. The number of methoxy groups -OCH3 is 1. The number of hydrogen-bond donors (Lipinski definition) is 0. The predicted molar refractivity (Wildman–Crippen MR) is 106 cm³/mol. The third-order valence-corrected chi connectivity index (χ3v) is 4.69. The van der Waals surface area contributed by atoms with E-state index >= 15 is 0 Å². The van der Waals surface area contributed by atoms with Gasteiger partial charge >= 0.3 is 5.97 Å². The molecule has 1 aliphatic heterocycles. The van der Waals surface area contributed by atoms with Crippen molar-refractivity contribution in [2.75, 3.05) is 20.3 Å². The Labute approximate surface area is 173 Å². The number of esters is 1. The van der Waals surface area contributed by atoms with Gasteiger partial charge in [0.25, 0.3) is 5.89 Å². The summed E-state index contributed by atoms with van der Waals surface area (Å²) < 4.78 is 27.4. The molecule has 8 heteroatoms. The highest BCUT2D eigenvalue weighted by Gasteiger charge is 2.19. The van der Waals surface area contributed by atoms with Crippen LogP contribution in [0, 0.1) is 0 Å². The van der Waals surface area contributed by atoms with Crippen LogP contribution >= 0.6 is 0 Å². The number of nitrogens with zero attached hydrogens (tertiary/aromatic N) is 2. The lowest BCUT2D eigenvalue weighted by molar-refractivity contribution is 0.0422. The van der Waals surface area contributed by atoms with Crippen LogP contribution in [0.1, 0.15) is 29.1 Å². The van der Waals surface area contributed by atoms with Crippen LogP contribution in [-0.4, -0.2) is 42.6 Å². The Hall–Kier alpha value is -3.39. The van der Waals surface area contributed by atoms with Crippen molar-refractivity contribution in [1.29, 1.82) is 0 Å². The van der Waals surface area contributed by atoms with E-state index in [4.69, 9.17) is 23.4 Å². The van der Waals surface area contributed by atoms with Gasteiger partial charge in [0.1, 0.15) is 23.7 Å². The number of hydrogen-bond acceptors (Lipinski definition) is 8. The molecule has 2 heterocycles. The minimum atomic E-state index is -0.526. The maximum atomic E-state index is 12.5. The van der Waals surface area contributed by atoms with E-state index in [1.807, 2.05) is 12.1 Å². The van der Waals surface area contributed by atoms with Crippen molar-refractivity contribution in [3.05, 3.63) is 60.0 Å². The largest absolute Gasteiger partial charge is 0.497 e. The molecule has 0 aliphatic carbocycles. The Morgan fingerprint density at radius 1 is 1.13 bits per heavy atom. The Bertz CT molecular complexity index is 979. The molecular weight excluding hydrogens is 388 g/mol. The van der Waals surface area contributed by atoms with Crippen LogP contribution in [0.3, 0.4) is 0 Å². The minimum Gasteiger partial charge on any atom is -0.497 e. The number of carbonyl (C=O) groups is 1. The Morgan fingerprint density at radius 2 is 1.97 bits per heavy atom. The zero-order chi connectivity index (χ0) is 20.8. The van der Waals surface area contributed by atoms with Crippen LogP contribution in [0.5, 0.6) is 11.5 Å². The van der Waals surface area contributed by atoms with Gasteiger partial charge in [0.15, 0.2) is 6.61 Å². The highest BCUT2D eigenvalue weighted by atomic mass is 16.6. The van der Waals surface area contributed by atoms with Crippen LogP contribution in [0.15, 0.2) is 52.9 Å². The van der Waals surface area contributed by atoms with Gasteiger partial charge in [-0.1, -0.05) is 12.1 Å². The van der Waals surface area contributed by atoms with E-state index in [-0.39, 0.29) is 18.6 Å². The molecule has 3 aromatic rings. The summed E-state index contributed by atoms with van der Waals surface area (Å²) in [6.45, 7) is 1.02. The predicted octanol–water partition coefficient (Wildman–Crippen LogP) is 3.66. The SMILES string of the molecule is COc1ccc(-c2nnc(COC(=O)c3ccccc3OCC3CCCO3)o2)cc1. The normalized spacial score (nSPS) is 15.7. The van der Waals surface area contributed by atoms with Gasteiger partial charge in [-0.15, -0.1) is 10.2 Å². The summed E-state index contributed by atoms with van der Waals surface area (Å²) in [6.07, 6.45) is 2.05. The first kappa shape index (κ1) is 19.9. The van der Waals surface area contributed by atoms with E-state index in [0.717, 1.165) is 30.8 Å². The first-order valence-corrected chi connectivity index (χ1v) is 9.70. The number of para-hydroxylation sites is 1. The van der Waals surface area contributed by atoms with Crippen molar-refractivity contribution < 1.29 is 28.2 Å². The molecule has 0 N–H and O–H groups in total. The molecule has 30 heavy (non-hydrogen) atoms. The number of rotatable bonds is 8. The van der Waals surface area contributed by atoms with Crippen LogP contribution in [0.2, 0.25) is 0 Å². The average Bonchev–Trinajstić information content (AvgIpc) is 3.48. The molecule has 0 spiro atoms. The summed E-state index contributed by atoms with van der Waals surface area (Å²) in [5, 5.41) is 7.94. The molecule has 8 nitrogen and oxygen atoms in total. The third-order valence-electron chi connectivity index (χ3n) is 4.69. The van der Waals surface area contributed by atoms with Gasteiger partial charge in [-0.3, -0.25) is 0 Å². The first-order valence-electron chi connectivity index (χ1n) is 9.70. The molecule has 0 bridgehead atoms. The van der Waals surface area contributed by atoms with Crippen molar-refractivity contribution in [3.63, 3.8) is 0 Å². The summed E-state index contributed by atoms with van der Waals surface area (Å²) in [7, 11) is 1.60. The molecule has 0 saturated carbocycles. The maximum Gasteiger partial charge on any atom is 0.342 e. The van der Waals surface area contributed by atoms with Gasteiger partial charge < -0.3 is 23.4 Å². The molecule has 1 unspecified atom stereocenters. The average molecular weight is 410 g/mol. The lowest BCUT2D eigenvalue weighted by Gasteiger charge is -2.13. The molecule has 1 saturated heterocycles. The molecule has 156 valence electrons. The molecule has 1 aromatic heterocycles. The second kappa shape index (κ2) is 9.41. The van der Waals surface area contributed by atoms with Crippen molar-refractivity contribution in [2.45, 2.75) is 25.6 Å². The van der Waals surface area contributed by atoms with Crippen molar-refractivity contribution >= 4 is 5.97 Å². The first-order chi connectivity index (χ1) is 14.7. The Kier molecular flexibility index (Phi) is 6.24. The minimum absolute atomic E-state index is 0.0591. The monoisotopic (exact) mass is 410 g/mol. The molecular formula is C22H22N2O6. The Morgan fingerprint density at radius 3 is 2.73 bits per heavy atom. The van der Waals surface area contributed by atoms with E-state index in [9.17, 15) is 4.79 Å². The van der Waals surface area contributed by atoms with Crippen molar-refractivity contribution in [1.82, 2.24) is 10.2 Å². The van der Waals surface area contributed by atoms with Crippen molar-refractivity contribution in [3.8, 4) is 23.0 Å². The Balaban J connectivity index is 1.36. The van der Waals surface area contributed by atoms with Gasteiger partial charge in [0.05, 0.1) is 13.2 Å². The quantitative estimate of drug-likeness (QED) is 0.520. The van der Waals surface area contributed by atoms with E-state index in [1.54, 1.807) is 43.5 Å². The topological polar surface area (TPSA) is 92.9 Å². The third kappa shape index (κ3) is 4.77. The molecule has 2 aromatic carbocycles. The van der Waals surface area contributed by atoms with Gasteiger partial charge in [0, 0.05) is 12.2 Å². The zero-order valence-electron chi connectivity index (χ0n) is 16.6. The van der Waals surface area contributed by atoms with Gasteiger partial charge in [-0.2, -0.15) is 0 Å². The van der Waals surface area contributed by atoms with E-state index < -0.39 is 5.97 Å².